The summed E-state index contributed by atoms with van der Waals surface area (Å²) in [4.78, 5) is 5.17. The molecule has 0 spiro atoms. The first kappa shape index (κ1) is 22.7. The van der Waals surface area contributed by atoms with Crippen LogP contribution in [0, 0.1) is 0 Å². The van der Waals surface area contributed by atoms with Crippen LogP contribution in [0.4, 0.5) is 0 Å². The molecular formula is C34H21BrS2. The number of hydrogen-bond donors (Lipinski definition) is 0. The highest BCUT2D eigenvalue weighted by Crippen LogP contribution is 2.48. The first-order valence-electron chi connectivity index (χ1n) is 12.2. The Labute approximate surface area is 232 Å². The van der Waals surface area contributed by atoms with Gasteiger partial charge < -0.3 is 0 Å². The van der Waals surface area contributed by atoms with Crippen LogP contribution in [0.5, 0.6) is 0 Å². The van der Waals surface area contributed by atoms with Crippen molar-refractivity contribution in [3.63, 3.8) is 0 Å². The largest absolute Gasteiger partial charge is 0.135 e. The van der Waals surface area contributed by atoms with Gasteiger partial charge in [-0.1, -0.05) is 107 Å². The van der Waals surface area contributed by atoms with Gasteiger partial charge in [-0.3, -0.25) is 0 Å². The average Bonchev–Trinajstić information content (AvgIpc) is 3.63. The third kappa shape index (κ3) is 4.04. The summed E-state index contributed by atoms with van der Waals surface area (Å²) in [7, 11) is 0. The lowest BCUT2D eigenvalue weighted by molar-refractivity contribution is 1.70. The lowest BCUT2D eigenvalue weighted by atomic mass is 9.90. The highest BCUT2D eigenvalue weighted by Gasteiger charge is 2.19. The topological polar surface area (TPSA) is 0 Å². The quantitative estimate of drug-likeness (QED) is 0.184. The van der Waals surface area contributed by atoms with Gasteiger partial charge in [-0.2, -0.15) is 0 Å². The van der Waals surface area contributed by atoms with Crippen molar-refractivity contribution in [3.05, 3.63) is 132 Å². The lowest BCUT2D eigenvalue weighted by Crippen LogP contribution is -1.88. The van der Waals surface area contributed by atoms with Gasteiger partial charge in [-0.15, -0.1) is 22.7 Å². The summed E-state index contributed by atoms with van der Waals surface area (Å²) >= 11 is 7.50. The lowest BCUT2D eigenvalue weighted by Gasteiger charge is -2.16. The predicted molar refractivity (Wildman–Crippen MR) is 167 cm³/mol. The maximum absolute atomic E-state index is 3.77. The van der Waals surface area contributed by atoms with E-state index in [0.717, 1.165) is 4.47 Å². The van der Waals surface area contributed by atoms with Gasteiger partial charge in [-0.25, -0.2) is 0 Å². The fourth-order valence-corrected chi connectivity index (χ4v) is 7.67. The van der Waals surface area contributed by atoms with Crippen molar-refractivity contribution in [2.75, 3.05) is 0 Å². The molecule has 0 amide bonds. The molecular weight excluding hydrogens is 552 g/mol. The molecule has 0 nitrogen and oxygen atoms in total. The van der Waals surface area contributed by atoms with E-state index in [9.17, 15) is 0 Å². The number of rotatable bonds is 4. The molecule has 0 aliphatic carbocycles. The zero-order valence-corrected chi connectivity index (χ0v) is 23.0. The molecule has 7 aromatic rings. The monoisotopic (exact) mass is 572 g/mol. The van der Waals surface area contributed by atoms with E-state index in [1.165, 1.54) is 63.3 Å². The predicted octanol–water partition coefficient (Wildman–Crippen LogP) is 11.5. The van der Waals surface area contributed by atoms with Gasteiger partial charge in [0.2, 0.25) is 0 Å². The Morgan fingerprint density at radius 2 is 0.811 bits per heavy atom. The molecule has 0 aliphatic rings. The normalized spacial score (nSPS) is 11.4. The van der Waals surface area contributed by atoms with Gasteiger partial charge in [0.1, 0.15) is 0 Å². The average molecular weight is 574 g/mol. The Kier molecular flexibility index (Phi) is 5.78. The van der Waals surface area contributed by atoms with Crippen LogP contribution in [0.15, 0.2) is 132 Å². The molecule has 3 heteroatoms. The van der Waals surface area contributed by atoms with Crippen molar-refractivity contribution in [3.8, 4) is 41.8 Å². The molecule has 0 unspecified atom stereocenters. The summed E-state index contributed by atoms with van der Waals surface area (Å²) in [5, 5.41) is 5.15. The van der Waals surface area contributed by atoms with E-state index in [4.69, 9.17) is 0 Å². The Bertz CT molecular complexity index is 1880. The van der Waals surface area contributed by atoms with Crippen molar-refractivity contribution >= 4 is 60.1 Å². The number of halogens is 1. The molecule has 2 heterocycles. The molecule has 5 aromatic carbocycles. The van der Waals surface area contributed by atoms with Crippen molar-refractivity contribution in [1.29, 1.82) is 0 Å². The minimum Gasteiger partial charge on any atom is -0.135 e. The van der Waals surface area contributed by atoms with Crippen LogP contribution in [0.2, 0.25) is 0 Å². The van der Waals surface area contributed by atoms with Crippen LogP contribution < -0.4 is 0 Å². The SMILES string of the molecule is Brc1ccc2c(-c3ccc(-c4ccccc4)s3)c3ccccc3c(-c3ccc(-c4ccccc4)s3)c2c1. The van der Waals surface area contributed by atoms with Gasteiger partial charge in [0.25, 0.3) is 0 Å². The maximum Gasteiger partial charge on any atom is 0.0361 e. The van der Waals surface area contributed by atoms with Crippen molar-refractivity contribution in [2.45, 2.75) is 0 Å². The fraction of sp³-hybridized carbons (Fsp3) is 0. The standard InChI is InChI=1S/C34H21BrS2/c35-24-15-16-27-28(21-24)34(32-20-18-30(37-32)23-11-5-2-6-12-23)26-14-8-7-13-25(26)33(27)31-19-17-29(36-31)22-9-3-1-4-10-22/h1-21H. The van der Waals surface area contributed by atoms with Gasteiger partial charge in [0.15, 0.2) is 0 Å². The molecule has 0 atom stereocenters. The van der Waals surface area contributed by atoms with Crippen LogP contribution in [0.1, 0.15) is 0 Å². The number of hydrogen-bond acceptors (Lipinski definition) is 2. The molecule has 0 bridgehead atoms. The van der Waals surface area contributed by atoms with Crippen LogP contribution >= 0.6 is 38.6 Å². The van der Waals surface area contributed by atoms with Gasteiger partial charge in [0.05, 0.1) is 0 Å². The second-order valence-electron chi connectivity index (χ2n) is 9.05. The highest BCUT2D eigenvalue weighted by molar-refractivity contribution is 9.10. The summed E-state index contributed by atoms with van der Waals surface area (Å²) < 4.78 is 1.10. The maximum atomic E-state index is 3.77. The Hall–Kier alpha value is -3.50. The van der Waals surface area contributed by atoms with Crippen LogP contribution in [0.3, 0.4) is 0 Å². The Balaban J connectivity index is 1.50. The zero-order valence-electron chi connectivity index (χ0n) is 19.8. The summed E-state index contributed by atoms with van der Waals surface area (Å²) in [6.07, 6.45) is 0. The van der Waals surface area contributed by atoms with Crippen LogP contribution in [0.25, 0.3) is 63.3 Å². The molecule has 0 saturated heterocycles. The van der Waals surface area contributed by atoms with Crippen molar-refractivity contribution in [1.82, 2.24) is 0 Å². The molecule has 0 N–H and O–H groups in total. The molecule has 37 heavy (non-hydrogen) atoms. The Morgan fingerprint density at radius 3 is 1.35 bits per heavy atom. The molecule has 0 aliphatic heterocycles. The number of fused-ring (bicyclic) bond motifs is 2. The van der Waals surface area contributed by atoms with Gasteiger partial charge in [0, 0.05) is 35.1 Å². The smallest absolute Gasteiger partial charge is 0.0361 e. The van der Waals surface area contributed by atoms with Crippen molar-refractivity contribution < 1.29 is 0 Å². The third-order valence-electron chi connectivity index (χ3n) is 6.81. The van der Waals surface area contributed by atoms with Gasteiger partial charge in [-0.05, 0) is 69.1 Å². The second kappa shape index (κ2) is 9.42. The minimum absolute atomic E-state index is 1.10. The van der Waals surface area contributed by atoms with E-state index in [2.05, 4.69) is 143 Å². The first-order chi connectivity index (χ1) is 18.3. The van der Waals surface area contributed by atoms with E-state index >= 15 is 0 Å². The summed E-state index contributed by atoms with van der Waals surface area (Å²) in [6, 6.07) is 46.0. The molecule has 0 radical (unpaired) electrons. The molecule has 0 fully saturated rings. The highest BCUT2D eigenvalue weighted by atomic mass is 79.9. The molecule has 0 saturated carbocycles. The fourth-order valence-electron chi connectivity index (χ4n) is 5.14. The zero-order chi connectivity index (χ0) is 24.8. The van der Waals surface area contributed by atoms with Gasteiger partial charge >= 0.3 is 0 Å². The summed E-state index contributed by atoms with van der Waals surface area (Å²) in [6.45, 7) is 0. The Morgan fingerprint density at radius 1 is 0.378 bits per heavy atom. The van der Waals surface area contributed by atoms with E-state index in [1.807, 2.05) is 22.7 Å². The molecule has 2 aromatic heterocycles. The van der Waals surface area contributed by atoms with Crippen molar-refractivity contribution in [2.24, 2.45) is 0 Å². The number of thiophene rings is 2. The van der Waals surface area contributed by atoms with E-state index in [1.54, 1.807) is 0 Å². The summed E-state index contributed by atoms with van der Waals surface area (Å²) in [5.41, 5.74) is 5.15. The van der Waals surface area contributed by atoms with Crippen LogP contribution in [-0.4, -0.2) is 0 Å². The second-order valence-corrected chi connectivity index (χ2v) is 12.1. The van der Waals surface area contributed by atoms with Crippen LogP contribution in [-0.2, 0) is 0 Å². The summed E-state index contributed by atoms with van der Waals surface area (Å²) in [5.74, 6) is 0. The number of benzene rings is 5. The molecule has 176 valence electrons. The third-order valence-corrected chi connectivity index (χ3v) is 9.60. The molecule has 7 rings (SSSR count). The van der Waals surface area contributed by atoms with E-state index in [-0.39, 0.29) is 0 Å². The van der Waals surface area contributed by atoms with E-state index in [0.29, 0.717) is 0 Å². The minimum atomic E-state index is 1.10. The van der Waals surface area contributed by atoms with E-state index < -0.39 is 0 Å². The first-order valence-corrected chi connectivity index (χ1v) is 14.6.